The Morgan fingerprint density at radius 2 is 2.15 bits per heavy atom. The number of thiocarbonyl (C=S) groups is 1. The molecule has 1 atom stereocenters. The number of hydrogen-bond acceptors (Lipinski definition) is 4. The van der Waals surface area contributed by atoms with Crippen molar-refractivity contribution in [3.8, 4) is 5.75 Å². The number of ether oxygens (including phenoxy) is 1. The van der Waals surface area contributed by atoms with Crippen LogP contribution in [0.15, 0.2) is 40.8 Å². The summed E-state index contributed by atoms with van der Waals surface area (Å²) in [6.45, 7) is 5.61. The molecule has 2 aliphatic rings. The number of thioether (sulfide) groups is 1. The average molecular weight is 388 g/mol. The third kappa shape index (κ3) is 4.38. The second-order valence-electron chi connectivity index (χ2n) is 6.75. The topological polar surface area (TPSA) is 29.5 Å². The van der Waals surface area contributed by atoms with Gasteiger partial charge in [-0.15, -0.1) is 0 Å². The minimum Gasteiger partial charge on any atom is -0.488 e. The summed E-state index contributed by atoms with van der Waals surface area (Å²) in [5, 5.41) is 0. The van der Waals surface area contributed by atoms with Crippen molar-refractivity contribution in [2.24, 2.45) is 5.92 Å². The van der Waals surface area contributed by atoms with Crippen LogP contribution >= 0.6 is 24.0 Å². The van der Waals surface area contributed by atoms with Gasteiger partial charge >= 0.3 is 0 Å². The van der Waals surface area contributed by atoms with Gasteiger partial charge in [0.05, 0.1) is 4.91 Å². The first kappa shape index (κ1) is 19.2. The number of nitrogens with zero attached hydrogens (tertiary/aromatic N) is 1. The van der Waals surface area contributed by atoms with E-state index < -0.39 is 0 Å². The Labute approximate surface area is 165 Å². The molecular formula is C21H25NO2S2. The molecule has 0 radical (unpaired) electrons. The summed E-state index contributed by atoms with van der Waals surface area (Å²) in [5.41, 5.74) is 2.05. The molecule has 2 aliphatic heterocycles. The van der Waals surface area contributed by atoms with Gasteiger partial charge in [0.2, 0.25) is 0 Å². The van der Waals surface area contributed by atoms with Crippen molar-refractivity contribution < 1.29 is 9.53 Å². The highest BCUT2D eigenvalue weighted by Crippen LogP contribution is 2.35. The van der Waals surface area contributed by atoms with Crippen LogP contribution in [0.25, 0.3) is 6.08 Å². The van der Waals surface area contributed by atoms with E-state index in [9.17, 15) is 4.79 Å². The van der Waals surface area contributed by atoms with Gasteiger partial charge < -0.3 is 4.74 Å². The number of fused-ring (bicyclic) bond motifs is 1. The van der Waals surface area contributed by atoms with E-state index >= 15 is 0 Å². The summed E-state index contributed by atoms with van der Waals surface area (Å²) in [7, 11) is 0. The van der Waals surface area contributed by atoms with E-state index in [1.165, 1.54) is 24.6 Å². The first-order valence-corrected chi connectivity index (χ1v) is 10.5. The van der Waals surface area contributed by atoms with Crippen molar-refractivity contribution in [3.63, 3.8) is 0 Å². The van der Waals surface area contributed by atoms with Crippen LogP contribution in [0.1, 0.15) is 45.1 Å². The highest BCUT2D eigenvalue weighted by atomic mass is 32.2. The van der Waals surface area contributed by atoms with Crippen LogP contribution in [0.2, 0.25) is 0 Å². The molecular weight excluding hydrogens is 362 g/mol. The second kappa shape index (κ2) is 8.87. The standard InChI is InChI=1S/C21H25NO2S2/c1-3-5-8-15(4-2)13-22-20(23)19(26-21(22)25)12-16-11-17-9-6-7-10-18(17)24-14-16/h6-7,9-12,15H,3-5,8,13-14H2,1-2H3. The maximum absolute atomic E-state index is 12.8. The summed E-state index contributed by atoms with van der Waals surface area (Å²) >= 11 is 6.89. The fraction of sp³-hybridized carbons (Fsp3) is 0.429. The van der Waals surface area contributed by atoms with Crippen LogP contribution in [0.5, 0.6) is 5.75 Å². The molecule has 3 nitrogen and oxygen atoms in total. The predicted octanol–water partition coefficient (Wildman–Crippen LogP) is 5.42. The van der Waals surface area contributed by atoms with Crippen LogP contribution in [0.3, 0.4) is 0 Å². The summed E-state index contributed by atoms with van der Waals surface area (Å²) in [4.78, 5) is 15.3. The lowest BCUT2D eigenvalue weighted by atomic mass is 9.99. The molecule has 0 saturated carbocycles. The molecule has 26 heavy (non-hydrogen) atoms. The lowest BCUT2D eigenvalue weighted by Crippen LogP contribution is -2.33. The number of para-hydroxylation sites is 1. The molecule has 1 unspecified atom stereocenters. The predicted molar refractivity (Wildman–Crippen MR) is 113 cm³/mol. The zero-order chi connectivity index (χ0) is 18.5. The van der Waals surface area contributed by atoms with Crippen LogP contribution in [-0.4, -0.2) is 28.3 Å². The number of hydrogen-bond donors (Lipinski definition) is 0. The van der Waals surface area contributed by atoms with Crippen molar-refractivity contribution in [2.45, 2.75) is 39.5 Å². The highest BCUT2D eigenvalue weighted by Gasteiger charge is 2.33. The fourth-order valence-electron chi connectivity index (χ4n) is 3.22. The van der Waals surface area contributed by atoms with E-state index in [0.717, 1.165) is 36.3 Å². The minimum atomic E-state index is 0.0368. The third-order valence-electron chi connectivity index (χ3n) is 4.83. The lowest BCUT2D eigenvalue weighted by molar-refractivity contribution is -0.122. The van der Waals surface area contributed by atoms with Crippen molar-refractivity contribution in [1.82, 2.24) is 4.90 Å². The van der Waals surface area contributed by atoms with Gasteiger partial charge in [-0.25, -0.2) is 0 Å². The number of carbonyl (C=O) groups is 1. The van der Waals surface area contributed by atoms with Gasteiger partial charge in [0.1, 0.15) is 16.7 Å². The molecule has 5 heteroatoms. The third-order valence-corrected chi connectivity index (χ3v) is 6.21. The van der Waals surface area contributed by atoms with Crippen molar-refractivity contribution in [3.05, 3.63) is 46.4 Å². The van der Waals surface area contributed by atoms with Crippen LogP contribution in [-0.2, 0) is 4.79 Å². The molecule has 1 aromatic rings. The molecule has 0 bridgehead atoms. The summed E-state index contributed by atoms with van der Waals surface area (Å²) in [5.74, 6) is 1.44. The highest BCUT2D eigenvalue weighted by molar-refractivity contribution is 8.26. The van der Waals surface area contributed by atoms with Crippen molar-refractivity contribution in [2.75, 3.05) is 13.2 Å². The first-order chi connectivity index (χ1) is 12.6. The van der Waals surface area contributed by atoms with Crippen LogP contribution in [0, 0.1) is 5.92 Å². The van der Waals surface area contributed by atoms with Crippen LogP contribution in [0.4, 0.5) is 0 Å². The van der Waals surface area contributed by atoms with E-state index in [1.54, 1.807) is 4.90 Å². The number of carbonyl (C=O) groups excluding carboxylic acids is 1. The quantitative estimate of drug-likeness (QED) is 0.461. The fourth-order valence-corrected chi connectivity index (χ4v) is 4.51. The van der Waals surface area contributed by atoms with Gasteiger partial charge in [-0.05, 0) is 36.1 Å². The molecule has 3 rings (SSSR count). The van der Waals surface area contributed by atoms with E-state index in [4.69, 9.17) is 17.0 Å². The number of amides is 1. The first-order valence-electron chi connectivity index (χ1n) is 9.30. The Bertz CT molecular complexity index is 754. The van der Waals surface area contributed by atoms with Gasteiger partial charge in [0.15, 0.2) is 0 Å². The number of unbranched alkanes of at least 4 members (excludes halogenated alkanes) is 1. The maximum Gasteiger partial charge on any atom is 0.266 e. The molecule has 138 valence electrons. The lowest BCUT2D eigenvalue weighted by Gasteiger charge is -2.21. The Kier molecular flexibility index (Phi) is 6.54. The zero-order valence-electron chi connectivity index (χ0n) is 15.4. The maximum atomic E-state index is 12.8. The minimum absolute atomic E-state index is 0.0368. The van der Waals surface area contributed by atoms with E-state index in [1.807, 2.05) is 30.3 Å². The Hall–Kier alpha value is -1.59. The summed E-state index contributed by atoms with van der Waals surface area (Å²) < 4.78 is 6.46. The molecule has 0 spiro atoms. The van der Waals surface area contributed by atoms with E-state index in [0.29, 0.717) is 21.8 Å². The summed E-state index contributed by atoms with van der Waals surface area (Å²) in [6.07, 6.45) is 8.63. The Morgan fingerprint density at radius 3 is 2.92 bits per heavy atom. The summed E-state index contributed by atoms with van der Waals surface area (Å²) in [6, 6.07) is 7.93. The molecule has 1 aromatic carbocycles. The molecule has 2 heterocycles. The second-order valence-corrected chi connectivity index (χ2v) is 8.43. The molecule has 0 aromatic heterocycles. The van der Waals surface area contributed by atoms with Gasteiger partial charge in [0.25, 0.3) is 5.91 Å². The monoisotopic (exact) mass is 387 g/mol. The molecule has 1 saturated heterocycles. The number of benzene rings is 1. The Morgan fingerprint density at radius 1 is 1.35 bits per heavy atom. The molecule has 0 aliphatic carbocycles. The van der Waals surface area contributed by atoms with Crippen molar-refractivity contribution in [1.29, 1.82) is 0 Å². The zero-order valence-corrected chi connectivity index (χ0v) is 17.0. The average Bonchev–Trinajstić information content (AvgIpc) is 2.92. The SMILES string of the molecule is CCCCC(CC)CN1C(=O)C(=CC2=Cc3ccccc3OC2)SC1=S. The van der Waals surface area contributed by atoms with Gasteiger partial charge in [-0.2, -0.15) is 0 Å². The van der Waals surface area contributed by atoms with Crippen LogP contribution < -0.4 is 4.74 Å². The normalized spacial score (nSPS) is 19.4. The van der Waals surface area contributed by atoms with Gasteiger partial charge in [-0.1, -0.05) is 75.3 Å². The van der Waals surface area contributed by atoms with E-state index in [-0.39, 0.29) is 5.91 Å². The number of rotatable bonds is 7. The molecule has 1 amide bonds. The smallest absolute Gasteiger partial charge is 0.266 e. The molecule has 0 N–H and O–H groups in total. The largest absolute Gasteiger partial charge is 0.488 e. The van der Waals surface area contributed by atoms with Crippen molar-refractivity contribution >= 4 is 40.3 Å². The molecule has 1 fully saturated rings. The van der Waals surface area contributed by atoms with Gasteiger partial charge in [-0.3, -0.25) is 9.69 Å². The van der Waals surface area contributed by atoms with Gasteiger partial charge in [0, 0.05) is 12.1 Å². The Balaban J connectivity index is 1.72. The van der Waals surface area contributed by atoms with E-state index in [2.05, 4.69) is 19.9 Å².